The molecule has 0 bridgehead atoms. The van der Waals surface area contributed by atoms with Crippen molar-refractivity contribution in [2.75, 3.05) is 41.3 Å². The molecular formula is C28H41N3O2. The van der Waals surface area contributed by atoms with Crippen molar-refractivity contribution < 1.29 is 9.53 Å². The van der Waals surface area contributed by atoms with Crippen molar-refractivity contribution in [3.63, 3.8) is 0 Å². The van der Waals surface area contributed by atoms with E-state index in [1.165, 1.54) is 0 Å². The summed E-state index contributed by atoms with van der Waals surface area (Å²) in [5.41, 5.74) is 1.61. The minimum atomic E-state index is -0.603. The Morgan fingerprint density at radius 2 is 1.52 bits per heavy atom. The summed E-state index contributed by atoms with van der Waals surface area (Å²) in [6, 6.07) is 21.0. The van der Waals surface area contributed by atoms with Gasteiger partial charge in [0.2, 0.25) is 0 Å². The van der Waals surface area contributed by atoms with Gasteiger partial charge in [-0.1, -0.05) is 67.6 Å². The molecule has 5 nitrogen and oxygen atoms in total. The number of benzene rings is 2. The van der Waals surface area contributed by atoms with Gasteiger partial charge >= 0.3 is 6.09 Å². The lowest BCUT2D eigenvalue weighted by Crippen LogP contribution is -2.41. The normalized spacial score (nSPS) is 14.1. The molecule has 0 aliphatic heterocycles. The first-order valence-corrected chi connectivity index (χ1v) is 11.8. The molecule has 2 atom stereocenters. The zero-order chi connectivity index (χ0) is 24.4. The minimum absolute atomic E-state index is 0.243. The highest BCUT2D eigenvalue weighted by Gasteiger charge is 2.42. The maximum atomic E-state index is 13.2. The van der Waals surface area contributed by atoms with E-state index in [0.717, 1.165) is 24.1 Å². The molecule has 2 rings (SSSR count). The van der Waals surface area contributed by atoms with Crippen LogP contribution in [0.5, 0.6) is 0 Å². The zero-order valence-corrected chi connectivity index (χ0v) is 21.3. The van der Waals surface area contributed by atoms with Crippen LogP contribution in [-0.4, -0.2) is 63.2 Å². The van der Waals surface area contributed by atoms with Gasteiger partial charge in [-0.2, -0.15) is 0 Å². The van der Waals surface area contributed by atoms with E-state index < -0.39 is 5.41 Å². The largest absolute Gasteiger partial charge is 0.414 e. The van der Waals surface area contributed by atoms with Gasteiger partial charge in [-0.25, -0.2) is 4.79 Å². The molecule has 0 aromatic heterocycles. The van der Waals surface area contributed by atoms with E-state index in [1.54, 1.807) is 11.9 Å². The zero-order valence-electron chi connectivity index (χ0n) is 21.3. The lowest BCUT2D eigenvalue weighted by atomic mass is 9.68. The lowest BCUT2D eigenvalue weighted by Gasteiger charge is -2.40. The summed E-state index contributed by atoms with van der Waals surface area (Å²) in [5, 5.41) is 3.17. The average Bonchev–Trinajstić information content (AvgIpc) is 2.82. The molecule has 0 heterocycles. The first-order valence-electron chi connectivity index (χ1n) is 11.8. The van der Waals surface area contributed by atoms with Crippen LogP contribution < -0.4 is 5.32 Å². The van der Waals surface area contributed by atoms with Crippen LogP contribution in [0.15, 0.2) is 72.5 Å². The van der Waals surface area contributed by atoms with E-state index in [4.69, 9.17) is 4.74 Å². The van der Waals surface area contributed by atoms with Gasteiger partial charge in [0, 0.05) is 19.6 Å². The average molecular weight is 452 g/mol. The Bertz CT molecular complexity index is 841. The lowest BCUT2D eigenvalue weighted by molar-refractivity contribution is 0.117. The van der Waals surface area contributed by atoms with Gasteiger partial charge in [0.05, 0.1) is 5.41 Å². The molecule has 2 aromatic carbocycles. The maximum absolute atomic E-state index is 13.2. The summed E-state index contributed by atoms with van der Waals surface area (Å²) >= 11 is 0. The Labute approximate surface area is 200 Å². The molecule has 0 saturated carbocycles. The van der Waals surface area contributed by atoms with Gasteiger partial charge in [-0.05, 0) is 71.1 Å². The van der Waals surface area contributed by atoms with Crippen LogP contribution in [-0.2, 0) is 10.2 Å². The number of hydrogen-bond donors (Lipinski definition) is 1. The molecule has 2 unspecified atom stereocenters. The molecule has 33 heavy (non-hydrogen) atoms. The molecule has 0 aliphatic rings. The fraction of sp³-hybridized carbons (Fsp3) is 0.464. The van der Waals surface area contributed by atoms with Crippen LogP contribution in [0.4, 0.5) is 4.79 Å². The van der Waals surface area contributed by atoms with Gasteiger partial charge in [0.15, 0.2) is 0 Å². The number of amides is 1. The SMILES string of the molecule is C/C=C(\OC(=O)N(C)CC(C)CNC)C(CC(C)N(C)C)(c1ccccc1)c1ccccc1. The van der Waals surface area contributed by atoms with Crippen LogP contribution in [0, 0.1) is 5.92 Å². The summed E-state index contributed by atoms with van der Waals surface area (Å²) in [7, 11) is 7.90. The third-order valence-corrected chi connectivity index (χ3v) is 6.35. The first-order chi connectivity index (χ1) is 15.8. The second-order valence-corrected chi connectivity index (χ2v) is 9.22. The molecule has 0 fully saturated rings. The van der Waals surface area contributed by atoms with E-state index in [-0.39, 0.29) is 12.1 Å². The minimum Gasteiger partial charge on any atom is -0.414 e. The van der Waals surface area contributed by atoms with Crippen LogP contribution >= 0.6 is 0 Å². The first kappa shape index (κ1) is 26.6. The molecule has 0 aliphatic carbocycles. The van der Waals surface area contributed by atoms with Crippen LogP contribution in [0.3, 0.4) is 0 Å². The number of carbonyl (C=O) groups is 1. The number of nitrogens with zero attached hydrogens (tertiary/aromatic N) is 2. The summed E-state index contributed by atoms with van der Waals surface area (Å²) in [6.45, 7) is 7.74. The quantitative estimate of drug-likeness (QED) is 0.481. The molecule has 0 spiro atoms. The fourth-order valence-electron chi connectivity index (χ4n) is 4.38. The Morgan fingerprint density at radius 1 is 1.00 bits per heavy atom. The second kappa shape index (κ2) is 12.6. The predicted octanol–water partition coefficient (Wildman–Crippen LogP) is 5.14. The maximum Gasteiger partial charge on any atom is 0.414 e. The van der Waals surface area contributed by atoms with Gasteiger partial charge < -0.3 is 19.9 Å². The van der Waals surface area contributed by atoms with Crippen LogP contribution in [0.1, 0.15) is 38.3 Å². The number of carbonyl (C=O) groups excluding carboxylic acids is 1. The number of nitrogens with one attached hydrogen (secondary N) is 1. The Hall–Kier alpha value is -2.63. The number of allylic oxidation sites excluding steroid dienone is 2. The predicted molar refractivity (Wildman–Crippen MR) is 137 cm³/mol. The van der Waals surface area contributed by atoms with Crippen molar-refractivity contribution in [2.24, 2.45) is 5.92 Å². The highest BCUT2D eigenvalue weighted by Crippen LogP contribution is 2.44. The molecule has 2 aromatic rings. The smallest absolute Gasteiger partial charge is 0.414 e. The molecule has 1 N–H and O–H groups in total. The topological polar surface area (TPSA) is 44.8 Å². The second-order valence-electron chi connectivity index (χ2n) is 9.22. The van der Waals surface area contributed by atoms with Crippen molar-refractivity contribution in [3.8, 4) is 0 Å². The Balaban J connectivity index is 2.56. The summed E-state index contributed by atoms with van der Waals surface area (Å²) < 4.78 is 6.20. The number of ether oxygens (including phenoxy) is 1. The van der Waals surface area contributed by atoms with E-state index in [0.29, 0.717) is 18.2 Å². The molecule has 180 valence electrons. The number of hydrogen-bond acceptors (Lipinski definition) is 4. The standard InChI is InChI=1S/C28H41N3O2/c1-8-26(33-27(32)31(7)21-22(2)20-29-4)28(19-23(3)30(5)6,24-15-11-9-12-16-24)25-17-13-10-14-18-25/h8-18,22-23,29H,19-21H2,1-7H3/b26-8-. The van der Waals surface area contributed by atoms with E-state index in [1.807, 2.05) is 56.4 Å². The third kappa shape index (κ3) is 6.68. The van der Waals surface area contributed by atoms with E-state index >= 15 is 0 Å². The van der Waals surface area contributed by atoms with Crippen molar-refractivity contribution in [3.05, 3.63) is 83.6 Å². The monoisotopic (exact) mass is 451 g/mol. The highest BCUT2D eigenvalue weighted by molar-refractivity contribution is 5.69. The van der Waals surface area contributed by atoms with Crippen molar-refractivity contribution in [1.29, 1.82) is 0 Å². The molecule has 1 amide bonds. The van der Waals surface area contributed by atoms with Gasteiger partial charge in [0.1, 0.15) is 5.76 Å². The highest BCUT2D eigenvalue weighted by atomic mass is 16.6. The molecule has 0 radical (unpaired) electrons. The van der Waals surface area contributed by atoms with E-state index in [9.17, 15) is 4.79 Å². The fourth-order valence-corrected chi connectivity index (χ4v) is 4.38. The van der Waals surface area contributed by atoms with Crippen molar-refractivity contribution in [2.45, 2.75) is 38.6 Å². The van der Waals surface area contributed by atoms with Crippen LogP contribution in [0.25, 0.3) is 0 Å². The van der Waals surface area contributed by atoms with Gasteiger partial charge in [0.25, 0.3) is 0 Å². The Morgan fingerprint density at radius 3 is 1.94 bits per heavy atom. The van der Waals surface area contributed by atoms with Crippen molar-refractivity contribution in [1.82, 2.24) is 15.1 Å². The summed E-state index contributed by atoms with van der Waals surface area (Å²) in [6.07, 6.45) is 2.38. The van der Waals surface area contributed by atoms with E-state index in [2.05, 4.69) is 62.4 Å². The summed E-state index contributed by atoms with van der Waals surface area (Å²) in [5.74, 6) is 0.982. The number of rotatable bonds is 11. The molecule has 5 heteroatoms. The molecular weight excluding hydrogens is 410 g/mol. The summed E-state index contributed by atoms with van der Waals surface area (Å²) in [4.78, 5) is 17.1. The van der Waals surface area contributed by atoms with Gasteiger partial charge in [-0.15, -0.1) is 0 Å². The third-order valence-electron chi connectivity index (χ3n) is 6.35. The Kier molecular flexibility index (Phi) is 10.1. The van der Waals surface area contributed by atoms with Crippen molar-refractivity contribution >= 4 is 6.09 Å². The van der Waals surface area contributed by atoms with Crippen LogP contribution in [0.2, 0.25) is 0 Å². The van der Waals surface area contributed by atoms with Gasteiger partial charge in [-0.3, -0.25) is 0 Å². The molecule has 0 saturated heterocycles.